The zero-order valence-corrected chi connectivity index (χ0v) is 14.4. The second kappa shape index (κ2) is 10.9. The summed E-state index contributed by atoms with van der Waals surface area (Å²) in [4.78, 5) is 10.3. The summed E-state index contributed by atoms with van der Waals surface area (Å²) in [7, 11) is -2.92. The lowest BCUT2D eigenvalue weighted by Crippen LogP contribution is -2.13. The first-order valence-corrected chi connectivity index (χ1v) is 10.3. The number of hydrogen-bond donors (Lipinski definition) is 1. The summed E-state index contributed by atoms with van der Waals surface area (Å²) in [6.45, 7) is 8.66. The monoisotopic (exact) mass is 290 g/mol. The van der Waals surface area contributed by atoms with E-state index >= 15 is 0 Å². The van der Waals surface area contributed by atoms with Gasteiger partial charge in [0.05, 0.1) is 0 Å². The number of unbranched alkanes of at least 4 members (excludes halogenated alkanes) is 2. The van der Waals surface area contributed by atoms with Gasteiger partial charge in [0.25, 0.3) is 0 Å². The summed E-state index contributed by atoms with van der Waals surface area (Å²) in [5.41, 5.74) is 0. The van der Waals surface area contributed by atoms with Gasteiger partial charge in [-0.25, -0.2) is 0 Å². The van der Waals surface area contributed by atoms with E-state index in [0.717, 1.165) is 25.7 Å². The Morgan fingerprint density at radius 3 is 1.47 bits per heavy atom. The summed E-state index contributed by atoms with van der Waals surface area (Å²) in [5, 5.41) is 0. The van der Waals surface area contributed by atoms with Crippen LogP contribution in [0.2, 0.25) is 0 Å². The fraction of sp³-hybridized carbons (Fsp3) is 1.00. The Kier molecular flexibility index (Phi) is 11.0. The molecule has 116 valence electrons. The van der Waals surface area contributed by atoms with Crippen molar-refractivity contribution in [2.45, 2.75) is 79.1 Å². The van der Waals surface area contributed by atoms with Crippen molar-refractivity contribution < 1.29 is 9.46 Å². The highest BCUT2D eigenvalue weighted by molar-refractivity contribution is 7.58. The first-order valence-electron chi connectivity index (χ1n) is 8.29. The maximum atomic E-state index is 12.4. The molecule has 0 rings (SSSR count). The molecule has 0 aromatic rings. The Hall–Kier alpha value is 0.190. The molecule has 0 fully saturated rings. The lowest BCUT2D eigenvalue weighted by atomic mass is 10.0. The van der Waals surface area contributed by atoms with E-state index in [-0.39, 0.29) is 0 Å². The van der Waals surface area contributed by atoms with Gasteiger partial charge in [-0.1, -0.05) is 66.2 Å². The van der Waals surface area contributed by atoms with Gasteiger partial charge in [-0.2, -0.15) is 0 Å². The molecule has 0 radical (unpaired) electrons. The van der Waals surface area contributed by atoms with Crippen LogP contribution in [0, 0.1) is 11.8 Å². The highest BCUT2D eigenvalue weighted by Crippen LogP contribution is 2.47. The van der Waals surface area contributed by atoms with Crippen LogP contribution in [-0.2, 0) is 4.57 Å². The van der Waals surface area contributed by atoms with Crippen LogP contribution in [0.4, 0.5) is 0 Å². The third kappa shape index (κ3) is 9.68. The van der Waals surface area contributed by atoms with Gasteiger partial charge < -0.3 is 4.89 Å². The van der Waals surface area contributed by atoms with E-state index in [1.54, 1.807) is 0 Å². The molecule has 0 aliphatic carbocycles. The van der Waals surface area contributed by atoms with Gasteiger partial charge >= 0.3 is 0 Å². The summed E-state index contributed by atoms with van der Waals surface area (Å²) in [6, 6.07) is 0. The molecule has 1 N–H and O–H groups in total. The second-order valence-corrected chi connectivity index (χ2v) is 8.47. The highest BCUT2D eigenvalue weighted by atomic mass is 31.2. The van der Waals surface area contributed by atoms with Crippen molar-refractivity contribution in [3.05, 3.63) is 0 Å². The Labute approximate surface area is 120 Å². The van der Waals surface area contributed by atoms with Crippen LogP contribution in [0.1, 0.15) is 79.1 Å². The van der Waals surface area contributed by atoms with Gasteiger partial charge in [0.15, 0.2) is 0 Å². The maximum absolute atomic E-state index is 12.4. The minimum absolute atomic E-state index is 0.444. The van der Waals surface area contributed by atoms with E-state index in [1.807, 2.05) is 0 Å². The van der Waals surface area contributed by atoms with Crippen molar-refractivity contribution in [2.24, 2.45) is 11.8 Å². The Bertz CT molecular complexity index is 231. The van der Waals surface area contributed by atoms with Gasteiger partial charge in [0.1, 0.15) is 0 Å². The zero-order valence-electron chi connectivity index (χ0n) is 13.5. The van der Waals surface area contributed by atoms with Gasteiger partial charge in [-0.05, 0) is 24.7 Å². The first-order chi connectivity index (χ1) is 8.99. The molecule has 0 saturated heterocycles. The van der Waals surface area contributed by atoms with Crippen molar-refractivity contribution in [1.82, 2.24) is 0 Å². The van der Waals surface area contributed by atoms with Gasteiger partial charge in [0.2, 0.25) is 7.37 Å². The molecule has 0 aliphatic rings. The average molecular weight is 290 g/mol. The van der Waals surface area contributed by atoms with Crippen LogP contribution in [0.25, 0.3) is 0 Å². The molecular weight excluding hydrogens is 255 g/mol. The SMILES string of the molecule is CCCC[C@@H](CC)CP(=O)(O)C[C@H](CC)CCCC. The Morgan fingerprint density at radius 1 is 0.842 bits per heavy atom. The first kappa shape index (κ1) is 19.2. The minimum Gasteiger partial charge on any atom is -0.344 e. The molecule has 0 heterocycles. The van der Waals surface area contributed by atoms with E-state index in [2.05, 4.69) is 27.7 Å². The van der Waals surface area contributed by atoms with Crippen molar-refractivity contribution in [2.75, 3.05) is 12.3 Å². The highest BCUT2D eigenvalue weighted by Gasteiger charge is 2.26. The lowest BCUT2D eigenvalue weighted by Gasteiger charge is -2.23. The molecule has 0 spiro atoms. The van der Waals surface area contributed by atoms with Crippen LogP contribution in [0.15, 0.2) is 0 Å². The van der Waals surface area contributed by atoms with Crippen molar-refractivity contribution >= 4 is 7.37 Å². The molecule has 0 aromatic heterocycles. The summed E-state index contributed by atoms with van der Waals surface area (Å²) >= 11 is 0. The summed E-state index contributed by atoms with van der Waals surface area (Å²) < 4.78 is 12.4. The lowest BCUT2D eigenvalue weighted by molar-refractivity contribution is 0.414. The molecule has 0 aromatic carbocycles. The summed E-state index contributed by atoms with van der Waals surface area (Å²) in [6.07, 6.45) is 10.1. The normalized spacial score (nSPS) is 15.4. The summed E-state index contributed by atoms with van der Waals surface area (Å²) in [5.74, 6) is 0.888. The van der Waals surface area contributed by atoms with Crippen molar-refractivity contribution in [1.29, 1.82) is 0 Å². The molecule has 2 nitrogen and oxygen atoms in total. The number of hydrogen-bond acceptors (Lipinski definition) is 1. The van der Waals surface area contributed by atoms with Crippen molar-refractivity contribution in [3.8, 4) is 0 Å². The molecule has 19 heavy (non-hydrogen) atoms. The molecule has 0 aliphatic heterocycles. The topological polar surface area (TPSA) is 37.3 Å². The molecular formula is C16H35O2P. The Morgan fingerprint density at radius 2 is 1.21 bits per heavy atom. The van der Waals surface area contributed by atoms with E-state index in [0.29, 0.717) is 24.2 Å². The predicted molar refractivity (Wildman–Crippen MR) is 86.2 cm³/mol. The molecule has 3 heteroatoms. The van der Waals surface area contributed by atoms with Crippen LogP contribution in [0.5, 0.6) is 0 Å². The third-order valence-electron chi connectivity index (χ3n) is 4.17. The van der Waals surface area contributed by atoms with Gasteiger partial charge in [-0.15, -0.1) is 0 Å². The molecule has 0 amide bonds. The van der Waals surface area contributed by atoms with Crippen LogP contribution in [-0.4, -0.2) is 17.2 Å². The van der Waals surface area contributed by atoms with E-state index in [4.69, 9.17) is 0 Å². The van der Waals surface area contributed by atoms with Crippen LogP contribution in [0.3, 0.4) is 0 Å². The minimum atomic E-state index is -2.92. The zero-order chi connectivity index (χ0) is 14.7. The van der Waals surface area contributed by atoms with E-state index < -0.39 is 7.37 Å². The maximum Gasteiger partial charge on any atom is 0.201 e. The van der Waals surface area contributed by atoms with Crippen LogP contribution >= 0.6 is 7.37 Å². The third-order valence-corrected chi connectivity index (χ3v) is 6.35. The van der Waals surface area contributed by atoms with Crippen molar-refractivity contribution in [3.63, 3.8) is 0 Å². The standard InChI is InChI=1S/C16H35O2P/c1-5-9-11-15(7-3)13-19(17,18)14-16(8-4)12-10-6-2/h15-16H,5-14H2,1-4H3,(H,17,18)/t15-,16-/m1/s1. The van der Waals surface area contributed by atoms with E-state index in [1.165, 1.54) is 25.7 Å². The molecule has 0 saturated carbocycles. The van der Waals surface area contributed by atoms with Gasteiger partial charge in [0, 0.05) is 12.3 Å². The fourth-order valence-electron chi connectivity index (χ4n) is 2.72. The predicted octanol–water partition coefficient (Wildman–Crippen LogP) is 5.69. The van der Waals surface area contributed by atoms with E-state index in [9.17, 15) is 9.46 Å². The largest absolute Gasteiger partial charge is 0.344 e. The van der Waals surface area contributed by atoms with Gasteiger partial charge in [-0.3, -0.25) is 4.57 Å². The Balaban J connectivity index is 4.29. The molecule has 0 bridgehead atoms. The number of rotatable bonds is 12. The second-order valence-electron chi connectivity index (χ2n) is 6.04. The molecule has 2 atom stereocenters. The average Bonchev–Trinajstić information content (AvgIpc) is 2.39. The van der Waals surface area contributed by atoms with Crippen LogP contribution < -0.4 is 0 Å². The molecule has 0 unspecified atom stereocenters. The quantitative estimate of drug-likeness (QED) is 0.469. The fourth-order valence-corrected chi connectivity index (χ4v) is 5.36. The smallest absolute Gasteiger partial charge is 0.201 e.